The van der Waals surface area contributed by atoms with Crippen LogP contribution in [-0.4, -0.2) is 29.1 Å². The van der Waals surface area contributed by atoms with Crippen molar-refractivity contribution in [3.63, 3.8) is 0 Å². The molecule has 0 atom stereocenters. The molecule has 2 aromatic carbocycles. The number of hydrogen-bond donors (Lipinski definition) is 3. The second-order valence-electron chi connectivity index (χ2n) is 5.19. The summed E-state index contributed by atoms with van der Waals surface area (Å²) in [6.07, 6.45) is 0.522. The zero-order chi connectivity index (χ0) is 17.4. The van der Waals surface area contributed by atoms with Crippen LogP contribution in [0, 0.1) is 10.1 Å². The van der Waals surface area contributed by atoms with Gasteiger partial charge in [-0.3, -0.25) is 14.9 Å². The first-order valence-electron chi connectivity index (χ1n) is 7.56. The number of hydrogen-bond acceptors (Lipinski definition) is 5. The smallest absolute Gasteiger partial charge is 0.269 e. The van der Waals surface area contributed by atoms with Gasteiger partial charge in [0, 0.05) is 43.1 Å². The summed E-state index contributed by atoms with van der Waals surface area (Å²) in [6.45, 7) is 0.923. The molecule has 0 aliphatic heterocycles. The molecule has 7 heteroatoms. The molecule has 0 saturated carbocycles. The molecule has 0 radical (unpaired) electrons. The van der Waals surface area contributed by atoms with E-state index in [2.05, 4.69) is 10.6 Å². The Morgan fingerprint density at radius 3 is 2.58 bits per heavy atom. The zero-order valence-corrected chi connectivity index (χ0v) is 13.1. The Kier molecular flexibility index (Phi) is 6.27. The van der Waals surface area contributed by atoms with Gasteiger partial charge < -0.3 is 15.7 Å². The lowest BCUT2D eigenvalue weighted by Crippen LogP contribution is -2.24. The minimum Gasteiger partial charge on any atom is -0.396 e. The molecule has 2 rings (SSSR count). The van der Waals surface area contributed by atoms with Gasteiger partial charge in [-0.15, -0.1) is 0 Å². The van der Waals surface area contributed by atoms with Crippen molar-refractivity contribution < 1.29 is 14.8 Å². The normalized spacial score (nSPS) is 10.2. The molecule has 0 heterocycles. The molecule has 1 amide bonds. The lowest BCUT2D eigenvalue weighted by atomic mass is 10.1. The highest BCUT2D eigenvalue weighted by molar-refractivity contribution is 5.94. The predicted octanol–water partition coefficient (Wildman–Crippen LogP) is 2.32. The molecular weight excluding hydrogens is 310 g/mol. The van der Waals surface area contributed by atoms with E-state index in [4.69, 9.17) is 5.11 Å². The van der Waals surface area contributed by atoms with Crippen LogP contribution in [0.2, 0.25) is 0 Å². The van der Waals surface area contributed by atoms with Gasteiger partial charge in [0.25, 0.3) is 11.6 Å². The second-order valence-corrected chi connectivity index (χ2v) is 5.19. The first-order valence-corrected chi connectivity index (χ1v) is 7.56. The summed E-state index contributed by atoms with van der Waals surface area (Å²) in [5.41, 5.74) is 2.21. The molecule has 0 spiro atoms. The van der Waals surface area contributed by atoms with Crippen LogP contribution in [0.15, 0.2) is 48.5 Å². The van der Waals surface area contributed by atoms with E-state index in [1.54, 1.807) is 30.3 Å². The number of benzene rings is 2. The van der Waals surface area contributed by atoms with Gasteiger partial charge in [-0.25, -0.2) is 0 Å². The van der Waals surface area contributed by atoms with Crippen molar-refractivity contribution in [2.24, 2.45) is 0 Å². The number of non-ortho nitro benzene ring substituents is 1. The average Bonchev–Trinajstić information content (AvgIpc) is 2.60. The quantitative estimate of drug-likeness (QED) is 0.392. The monoisotopic (exact) mass is 329 g/mol. The van der Waals surface area contributed by atoms with Gasteiger partial charge in [0.05, 0.1) is 4.92 Å². The van der Waals surface area contributed by atoms with Gasteiger partial charge in [0.1, 0.15) is 0 Å². The molecule has 0 fully saturated rings. The number of rotatable bonds is 8. The van der Waals surface area contributed by atoms with Crippen molar-refractivity contribution >= 4 is 17.3 Å². The van der Waals surface area contributed by atoms with E-state index in [0.29, 0.717) is 25.1 Å². The molecular formula is C17H19N3O4. The van der Waals surface area contributed by atoms with E-state index in [-0.39, 0.29) is 18.2 Å². The van der Waals surface area contributed by atoms with Crippen LogP contribution in [0.4, 0.5) is 11.4 Å². The molecule has 0 aliphatic rings. The van der Waals surface area contributed by atoms with Crippen molar-refractivity contribution in [3.8, 4) is 0 Å². The van der Waals surface area contributed by atoms with Gasteiger partial charge in [-0.2, -0.15) is 0 Å². The zero-order valence-electron chi connectivity index (χ0n) is 13.1. The summed E-state index contributed by atoms with van der Waals surface area (Å²) in [5, 5.41) is 25.3. The summed E-state index contributed by atoms with van der Waals surface area (Å²) in [5.74, 6) is -0.186. The predicted molar refractivity (Wildman–Crippen MR) is 90.9 cm³/mol. The SMILES string of the molecule is O=C(NCCCO)c1ccc(NCc2cccc([N+](=O)[O-])c2)cc1. The van der Waals surface area contributed by atoms with Crippen LogP contribution >= 0.6 is 0 Å². The Labute approximate surface area is 139 Å². The van der Waals surface area contributed by atoms with E-state index in [9.17, 15) is 14.9 Å². The molecule has 0 aliphatic carbocycles. The number of aliphatic hydroxyl groups excluding tert-OH is 1. The number of carbonyl (C=O) groups is 1. The maximum Gasteiger partial charge on any atom is 0.269 e. The van der Waals surface area contributed by atoms with Crippen LogP contribution < -0.4 is 10.6 Å². The summed E-state index contributed by atoms with van der Waals surface area (Å²) < 4.78 is 0. The average molecular weight is 329 g/mol. The highest BCUT2D eigenvalue weighted by Crippen LogP contribution is 2.15. The molecule has 126 valence electrons. The number of nitrogens with one attached hydrogen (secondary N) is 2. The van der Waals surface area contributed by atoms with Crippen LogP contribution in [-0.2, 0) is 6.54 Å². The molecule has 0 bridgehead atoms. The van der Waals surface area contributed by atoms with E-state index in [1.807, 2.05) is 6.07 Å². The first kappa shape index (κ1) is 17.4. The Hall–Kier alpha value is -2.93. The Bertz CT molecular complexity index is 701. The van der Waals surface area contributed by atoms with Crippen molar-refractivity contribution in [1.82, 2.24) is 5.32 Å². The molecule has 7 nitrogen and oxygen atoms in total. The lowest BCUT2D eigenvalue weighted by molar-refractivity contribution is -0.384. The fraction of sp³-hybridized carbons (Fsp3) is 0.235. The first-order chi connectivity index (χ1) is 11.6. The van der Waals surface area contributed by atoms with Crippen LogP contribution in [0.25, 0.3) is 0 Å². The lowest BCUT2D eigenvalue weighted by Gasteiger charge is -2.08. The van der Waals surface area contributed by atoms with Gasteiger partial charge in [0.15, 0.2) is 0 Å². The van der Waals surface area contributed by atoms with E-state index in [1.165, 1.54) is 12.1 Å². The van der Waals surface area contributed by atoms with Crippen LogP contribution in [0.5, 0.6) is 0 Å². The minimum atomic E-state index is -0.423. The fourth-order valence-electron chi connectivity index (χ4n) is 2.11. The van der Waals surface area contributed by atoms with E-state index in [0.717, 1.165) is 11.3 Å². The number of amides is 1. The maximum absolute atomic E-state index is 11.8. The highest BCUT2D eigenvalue weighted by atomic mass is 16.6. The topological polar surface area (TPSA) is 104 Å². The van der Waals surface area contributed by atoms with Gasteiger partial charge in [-0.1, -0.05) is 12.1 Å². The number of nitrogens with zero attached hydrogens (tertiary/aromatic N) is 1. The van der Waals surface area contributed by atoms with Crippen molar-refractivity contribution in [1.29, 1.82) is 0 Å². The van der Waals surface area contributed by atoms with Crippen LogP contribution in [0.1, 0.15) is 22.3 Å². The van der Waals surface area contributed by atoms with Crippen molar-refractivity contribution in [3.05, 3.63) is 69.8 Å². The number of anilines is 1. The maximum atomic E-state index is 11.8. The number of nitro benzene ring substituents is 1. The molecule has 3 N–H and O–H groups in total. The van der Waals surface area contributed by atoms with Gasteiger partial charge in [-0.05, 0) is 36.2 Å². The summed E-state index contributed by atoms with van der Waals surface area (Å²) in [7, 11) is 0. The molecule has 0 aromatic heterocycles. The Balaban J connectivity index is 1.91. The van der Waals surface area contributed by atoms with Gasteiger partial charge in [0.2, 0.25) is 0 Å². The Morgan fingerprint density at radius 1 is 1.17 bits per heavy atom. The van der Waals surface area contributed by atoms with E-state index < -0.39 is 4.92 Å². The Morgan fingerprint density at radius 2 is 1.92 bits per heavy atom. The molecule has 0 unspecified atom stereocenters. The van der Waals surface area contributed by atoms with Crippen molar-refractivity contribution in [2.75, 3.05) is 18.5 Å². The largest absolute Gasteiger partial charge is 0.396 e. The highest BCUT2D eigenvalue weighted by Gasteiger charge is 2.06. The second kappa shape index (κ2) is 8.64. The van der Waals surface area contributed by atoms with Gasteiger partial charge >= 0.3 is 0 Å². The third-order valence-corrected chi connectivity index (χ3v) is 3.39. The number of aliphatic hydroxyl groups is 1. The third kappa shape index (κ3) is 5.06. The minimum absolute atomic E-state index is 0.0424. The summed E-state index contributed by atoms with van der Waals surface area (Å²) >= 11 is 0. The van der Waals surface area contributed by atoms with Crippen molar-refractivity contribution in [2.45, 2.75) is 13.0 Å². The van der Waals surface area contributed by atoms with Crippen LogP contribution in [0.3, 0.4) is 0 Å². The summed E-state index contributed by atoms with van der Waals surface area (Å²) in [6, 6.07) is 13.4. The molecule has 24 heavy (non-hydrogen) atoms. The fourth-order valence-corrected chi connectivity index (χ4v) is 2.11. The number of carbonyl (C=O) groups excluding carboxylic acids is 1. The standard InChI is InChI=1S/C17H19N3O4/c21-10-2-9-18-17(22)14-5-7-15(8-6-14)19-12-13-3-1-4-16(11-13)20(23)24/h1,3-8,11,19,21H,2,9-10,12H2,(H,18,22). The molecule has 2 aromatic rings. The summed E-state index contributed by atoms with van der Waals surface area (Å²) in [4.78, 5) is 22.2. The third-order valence-electron chi connectivity index (χ3n) is 3.39. The molecule has 0 saturated heterocycles. The number of nitro groups is 1. The van der Waals surface area contributed by atoms with E-state index >= 15 is 0 Å².